The van der Waals surface area contributed by atoms with Gasteiger partial charge in [0.2, 0.25) is 0 Å². The normalized spacial score (nSPS) is 12.0. The molecule has 0 saturated carbocycles. The van der Waals surface area contributed by atoms with E-state index in [2.05, 4.69) is 16.0 Å². The Bertz CT molecular complexity index is 798. The number of rotatable bonds is 2. The standard InChI is InChI=1S/C16H14ClN3/c1-10(18)19-12-6-7-15-11(8-12)9-16(20-15)13-4-2-3-5-14(13)17/h2-9,20H,1H3,(H2,18,19). The summed E-state index contributed by atoms with van der Waals surface area (Å²) in [5.41, 5.74) is 9.50. The first kappa shape index (κ1) is 12.8. The minimum absolute atomic E-state index is 0.547. The van der Waals surface area contributed by atoms with Crippen LogP contribution in [0.3, 0.4) is 0 Å². The second-order valence-electron chi connectivity index (χ2n) is 4.69. The van der Waals surface area contributed by atoms with Gasteiger partial charge in [-0.3, -0.25) is 0 Å². The molecule has 1 aromatic heterocycles. The number of nitrogens with one attached hydrogen (secondary N) is 1. The predicted octanol–water partition coefficient (Wildman–Crippen LogP) is 4.50. The molecule has 0 aliphatic rings. The second-order valence-corrected chi connectivity index (χ2v) is 5.09. The van der Waals surface area contributed by atoms with Crippen molar-refractivity contribution < 1.29 is 0 Å². The summed E-state index contributed by atoms with van der Waals surface area (Å²) >= 11 is 6.23. The molecule has 0 radical (unpaired) electrons. The molecule has 0 atom stereocenters. The van der Waals surface area contributed by atoms with E-state index in [-0.39, 0.29) is 0 Å². The van der Waals surface area contributed by atoms with Gasteiger partial charge in [-0.1, -0.05) is 29.8 Å². The van der Waals surface area contributed by atoms with Gasteiger partial charge in [0, 0.05) is 27.2 Å². The Kier molecular flexibility index (Phi) is 3.20. The fraction of sp³-hybridized carbons (Fsp3) is 0.0625. The van der Waals surface area contributed by atoms with Gasteiger partial charge in [0.15, 0.2) is 0 Å². The number of halogens is 1. The van der Waals surface area contributed by atoms with Crippen molar-refractivity contribution in [2.24, 2.45) is 10.7 Å². The van der Waals surface area contributed by atoms with Crippen molar-refractivity contribution in [3.8, 4) is 11.3 Å². The topological polar surface area (TPSA) is 54.2 Å². The van der Waals surface area contributed by atoms with Crippen LogP contribution in [0.5, 0.6) is 0 Å². The average molecular weight is 284 g/mol. The molecular weight excluding hydrogens is 270 g/mol. The number of hydrogen-bond donors (Lipinski definition) is 2. The quantitative estimate of drug-likeness (QED) is 0.528. The molecule has 0 aliphatic heterocycles. The lowest BCUT2D eigenvalue weighted by Crippen LogP contribution is -2.03. The second kappa shape index (κ2) is 5.02. The molecule has 0 spiro atoms. The maximum Gasteiger partial charge on any atom is 0.0964 e. The van der Waals surface area contributed by atoms with Crippen LogP contribution in [0.15, 0.2) is 53.5 Å². The number of nitrogens with zero attached hydrogens (tertiary/aromatic N) is 1. The number of amidine groups is 1. The highest BCUT2D eigenvalue weighted by Gasteiger charge is 2.07. The molecule has 0 bridgehead atoms. The molecule has 0 aliphatic carbocycles. The van der Waals surface area contributed by atoms with Crippen molar-refractivity contribution >= 4 is 34.0 Å². The summed E-state index contributed by atoms with van der Waals surface area (Å²) in [5, 5.41) is 1.82. The summed E-state index contributed by atoms with van der Waals surface area (Å²) in [5.74, 6) is 0.547. The average Bonchev–Trinajstić information content (AvgIpc) is 2.81. The molecule has 0 amide bonds. The van der Waals surface area contributed by atoms with E-state index in [9.17, 15) is 0 Å². The third-order valence-corrected chi connectivity index (χ3v) is 3.40. The fourth-order valence-electron chi connectivity index (χ4n) is 2.22. The first-order valence-corrected chi connectivity index (χ1v) is 6.70. The zero-order valence-corrected chi connectivity index (χ0v) is 11.8. The number of nitrogens with two attached hydrogens (primary N) is 1. The minimum Gasteiger partial charge on any atom is -0.387 e. The van der Waals surface area contributed by atoms with E-state index in [1.165, 1.54) is 0 Å². The Morgan fingerprint density at radius 2 is 1.95 bits per heavy atom. The van der Waals surface area contributed by atoms with Crippen molar-refractivity contribution in [3.63, 3.8) is 0 Å². The van der Waals surface area contributed by atoms with E-state index in [1.54, 1.807) is 6.92 Å². The van der Waals surface area contributed by atoms with Crippen molar-refractivity contribution in [1.82, 2.24) is 4.98 Å². The highest BCUT2D eigenvalue weighted by atomic mass is 35.5. The molecule has 1 heterocycles. The molecule has 0 saturated heterocycles. The van der Waals surface area contributed by atoms with Gasteiger partial charge in [0.1, 0.15) is 0 Å². The van der Waals surface area contributed by atoms with Gasteiger partial charge in [-0.05, 0) is 37.3 Å². The summed E-state index contributed by atoms with van der Waals surface area (Å²) in [6.45, 7) is 1.77. The van der Waals surface area contributed by atoms with Crippen LogP contribution in [0.2, 0.25) is 5.02 Å². The van der Waals surface area contributed by atoms with Gasteiger partial charge in [-0.15, -0.1) is 0 Å². The summed E-state index contributed by atoms with van der Waals surface area (Å²) in [6.07, 6.45) is 0. The van der Waals surface area contributed by atoms with Crippen LogP contribution in [-0.2, 0) is 0 Å². The van der Waals surface area contributed by atoms with Gasteiger partial charge in [0.25, 0.3) is 0 Å². The van der Waals surface area contributed by atoms with Crippen LogP contribution in [0, 0.1) is 0 Å². The van der Waals surface area contributed by atoms with E-state index in [4.69, 9.17) is 17.3 Å². The van der Waals surface area contributed by atoms with E-state index < -0.39 is 0 Å². The largest absolute Gasteiger partial charge is 0.387 e. The molecule has 3 rings (SSSR count). The highest BCUT2D eigenvalue weighted by Crippen LogP contribution is 2.31. The van der Waals surface area contributed by atoms with Crippen molar-refractivity contribution in [2.45, 2.75) is 6.92 Å². The third-order valence-electron chi connectivity index (χ3n) is 3.07. The molecule has 3 aromatic rings. The molecule has 3 N–H and O–H groups in total. The van der Waals surface area contributed by atoms with Crippen LogP contribution >= 0.6 is 11.6 Å². The first-order chi connectivity index (χ1) is 9.63. The lowest BCUT2D eigenvalue weighted by molar-refractivity contribution is 1.44. The van der Waals surface area contributed by atoms with Crippen LogP contribution in [0.1, 0.15) is 6.92 Å². The SMILES string of the molecule is CC(N)=Nc1ccc2[nH]c(-c3ccccc3Cl)cc2c1. The maximum atomic E-state index is 6.23. The van der Waals surface area contributed by atoms with Crippen molar-refractivity contribution in [2.75, 3.05) is 0 Å². The Labute approximate surface area is 122 Å². The molecule has 0 unspecified atom stereocenters. The zero-order chi connectivity index (χ0) is 14.1. The molecule has 2 aromatic carbocycles. The van der Waals surface area contributed by atoms with Crippen LogP contribution in [0.25, 0.3) is 22.2 Å². The van der Waals surface area contributed by atoms with E-state index >= 15 is 0 Å². The molecule has 4 heteroatoms. The van der Waals surface area contributed by atoms with Crippen LogP contribution < -0.4 is 5.73 Å². The fourth-order valence-corrected chi connectivity index (χ4v) is 2.46. The number of fused-ring (bicyclic) bond motifs is 1. The molecule has 100 valence electrons. The number of aromatic nitrogens is 1. The molecule has 3 nitrogen and oxygen atoms in total. The lowest BCUT2D eigenvalue weighted by atomic mass is 10.1. The van der Waals surface area contributed by atoms with Gasteiger partial charge in [-0.25, -0.2) is 4.99 Å². The van der Waals surface area contributed by atoms with E-state index in [1.807, 2.05) is 42.5 Å². The van der Waals surface area contributed by atoms with E-state index in [0.717, 1.165) is 32.9 Å². The number of H-pyrrole nitrogens is 1. The van der Waals surface area contributed by atoms with Gasteiger partial charge >= 0.3 is 0 Å². The Morgan fingerprint density at radius 3 is 2.70 bits per heavy atom. The maximum absolute atomic E-state index is 6.23. The summed E-state index contributed by atoms with van der Waals surface area (Å²) in [7, 11) is 0. The minimum atomic E-state index is 0.547. The third kappa shape index (κ3) is 2.40. The highest BCUT2D eigenvalue weighted by molar-refractivity contribution is 6.33. The number of benzene rings is 2. The van der Waals surface area contributed by atoms with E-state index in [0.29, 0.717) is 5.84 Å². The number of hydrogen-bond acceptors (Lipinski definition) is 1. The molecular formula is C16H14ClN3. The summed E-state index contributed by atoms with van der Waals surface area (Å²) < 4.78 is 0. The van der Waals surface area contributed by atoms with Gasteiger partial charge < -0.3 is 10.7 Å². The number of aliphatic imine (C=N–C) groups is 1. The zero-order valence-electron chi connectivity index (χ0n) is 11.0. The monoisotopic (exact) mass is 283 g/mol. The number of aromatic amines is 1. The van der Waals surface area contributed by atoms with Gasteiger partial charge in [-0.2, -0.15) is 0 Å². The van der Waals surface area contributed by atoms with Gasteiger partial charge in [0.05, 0.1) is 11.5 Å². The first-order valence-electron chi connectivity index (χ1n) is 6.32. The molecule has 0 fully saturated rings. The van der Waals surface area contributed by atoms with Crippen LogP contribution in [-0.4, -0.2) is 10.8 Å². The lowest BCUT2D eigenvalue weighted by Gasteiger charge is -1.99. The Hall–Kier alpha value is -2.26. The Balaban J connectivity index is 2.12. The summed E-state index contributed by atoms with van der Waals surface area (Å²) in [6, 6.07) is 15.8. The van der Waals surface area contributed by atoms with Crippen LogP contribution in [0.4, 0.5) is 5.69 Å². The van der Waals surface area contributed by atoms with Crippen molar-refractivity contribution in [1.29, 1.82) is 0 Å². The predicted molar refractivity (Wildman–Crippen MR) is 85.7 cm³/mol. The van der Waals surface area contributed by atoms with Crippen molar-refractivity contribution in [3.05, 3.63) is 53.6 Å². The molecule has 20 heavy (non-hydrogen) atoms. The summed E-state index contributed by atoms with van der Waals surface area (Å²) in [4.78, 5) is 7.63. The smallest absolute Gasteiger partial charge is 0.0964 e. The Morgan fingerprint density at radius 1 is 1.15 bits per heavy atom.